The van der Waals surface area contributed by atoms with Gasteiger partial charge in [-0.2, -0.15) is 0 Å². The van der Waals surface area contributed by atoms with Crippen LogP contribution in [-0.4, -0.2) is 18.9 Å². The Kier molecular flexibility index (Phi) is 6.72. The fourth-order valence-corrected chi connectivity index (χ4v) is 4.00. The van der Waals surface area contributed by atoms with Crippen molar-refractivity contribution in [2.75, 3.05) is 7.11 Å². The zero-order chi connectivity index (χ0) is 22.0. The van der Waals surface area contributed by atoms with Crippen molar-refractivity contribution in [3.63, 3.8) is 0 Å². The third-order valence-corrected chi connectivity index (χ3v) is 6.01. The van der Waals surface area contributed by atoms with Crippen molar-refractivity contribution in [3.05, 3.63) is 69.8 Å². The highest BCUT2D eigenvalue weighted by molar-refractivity contribution is 6.10. The molecule has 0 heterocycles. The molecule has 1 aliphatic rings. The van der Waals surface area contributed by atoms with Crippen molar-refractivity contribution < 1.29 is 14.3 Å². The molecule has 3 heteroatoms. The summed E-state index contributed by atoms with van der Waals surface area (Å²) in [7, 11) is 1.35. The first kappa shape index (κ1) is 22.9. The molecule has 1 aliphatic carbocycles. The molecular formula is C26H34O3. The summed E-state index contributed by atoms with van der Waals surface area (Å²) in [5, 5.41) is 0. The van der Waals surface area contributed by atoms with E-state index in [-0.39, 0.29) is 16.6 Å². The summed E-state index contributed by atoms with van der Waals surface area (Å²) in [6.45, 7) is 15.1. The number of carbonyl (C=O) groups excluding carboxylic acids is 2. The van der Waals surface area contributed by atoms with Crippen molar-refractivity contribution in [2.24, 2.45) is 0 Å². The van der Waals surface area contributed by atoms with Crippen LogP contribution < -0.4 is 0 Å². The lowest BCUT2D eigenvalue weighted by Crippen LogP contribution is -2.34. The topological polar surface area (TPSA) is 43.4 Å². The standard InChI is InChI=1S/C24H28O3.C2H6/c1-15-13-19-20(24(4,5)12-11-23(19,2)3)14-18(15)21(25)16-7-9-17(10-8-16)22(26)27-6;1-2/h7-10,13-14H,11-12H2,1-6H3;1-2H3. The lowest BCUT2D eigenvalue weighted by atomic mass is 9.62. The van der Waals surface area contributed by atoms with E-state index in [1.165, 1.54) is 18.2 Å². The number of hydrogen-bond acceptors (Lipinski definition) is 3. The molecule has 0 unspecified atom stereocenters. The van der Waals surface area contributed by atoms with Gasteiger partial charge in [-0.05, 0) is 65.5 Å². The number of carbonyl (C=O) groups is 2. The molecule has 2 aromatic rings. The van der Waals surface area contributed by atoms with Crippen LogP contribution in [0.25, 0.3) is 0 Å². The maximum Gasteiger partial charge on any atom is 0.337 e. The smallest absolute Gasteiger partial charge is 0.337 e. The Morgan fingerprint density at radius 3 is 1.76 bits per heavy atom. The summed E-state index contributed by atoms with van der Waals surface area (Å²) in [6, 6.07) is 11.0. The summed E-state index contributed by atoms with van der Waals surface area (Å²) in [4.78, 5) is 24.8. The monoisotopic (exact) mass is 394 g/mol. The van der Waals surface area contributed by atoms with Crippen molar-refractivity contribution in [2.45, 2.75) is 72.1 Å². The Hall–Kier alpha value is -2.42. The number of aryl methyl sites for hydroxylation is 1. The van der Waals surface area contributed by atoms with Gasteiger partial charge in [-0.25, -0.2) is 4.79 Å². The molecule has 0 radical (unpaired) electrons. The van der Waals surface area contributed by atoms with Crippen LogP contribution in [0.1, 0.15) is 97.4 Å². The lowest BCUT2D eigenvalue weighted by Gasteiger charge is -2.42. The normalized spacial score (nSPS) is 16.1. The van der Waals surface area contributed by atoms with E-state index in [0.717, 1.165) is 24.0 Å². The maximum absolute atomic E-state index is 13.2. The van der Waals surface area contributed by atoms with Crippen LogP contribution >= 0.6 is 0 Å². The molecule has 0 spiro atoms. The largest absolute Gasteiger partial charge is 0.465 e. The third kappa shape index (κ3) is 4.44. The number of esters is 1. The van der Waals surface area contributed by atoms with Gasteiger partial charge in [0, 0.05) is 11.1 Å². The maximum atomic E-state index is 13.2. The highest BCUT2D eigenvalue weighted by Gasteiger charge is 2.37. The molecule has 0 N–H and O–H groups in total. The number of benzene rings is 2. The highest BCUT2D eigenvalue weighted by atomic mass is 16.5. The summed E-state index contributed by atoms with van der Waals surface area (Å²) >= 11 is 0. The van der Waals surface area contributed by atoms with Crippen molar-refractivity contribution >= 4 is 11.8 Å². The minimum Gasteiger partial charge on any atom is -0.465 e. The summed E-state index contributed by atoms with van der Waals surface area (Å²) in [5.74, 6) is -0.408. The second-order valence-electron chi connectivity index (χ2n) is 8.88. The second-order valence-corrected chi connectivity index (χ2v) is 8.88. The van der Waals surface area contributed by atoms with Crippen molar-refractivity contribution in [3.8, 4) is 0 Å². The second kappa shape index (κ2) is 8.52. The van der Waals surface area contributed by atoms with Gasteiger partial charge < -0.3 is 4.74 Å². The molecule has 0 aliphatic heterocycles. The Morgan fingerprint density at radius 1 is 0.828 bits per heavy atom. The van der Waals surface area contributed by atoms with E-state index in [0.29, 0.717) is 11.1 Å². The number of ketones is 1. The Bertz CT molecular complexity index is 902. The van der Waals surface area contributed by atoms with Crippen LogP contribution in [0.3, 0.4) is 0 Å². The molecule has 29 heavy (non-hydrogen) atoms. The van der Waals surface area contributed by atoms with E-state index in [2.05, 4.69) is 39.8 Å². The van der Waals surface area contributed by atoms with Crippen LogP contribution in [0.4, 0.5) is 0 Å². The molecule has 0 bridgehead atoms. The van der Waals surface area contributed by atoms with E-state index in [9.17, 15) is 9.59 Å². The average Bonchev–Trinajstić information content (AvgIpc) is 2.72. The highest BCUT2D eigenvalue weighted by Crippen LogP contribution is 2.46. The van der Waals surface area contributed by atoms with Crippen LogP contribution in [0.5, 0.6) is 0 Å². The summed E-state index contributed by atoms with van der Waals surface area (Å²) in [5.41, 5.74) is 5.58. The number of methoxy groups -OCH3 is 1. The van der Waals surface area contributed by atoms with Gasteiger partial charge in [0.2, 0.25) is 0 Å². The zero-order valence-corrected chi connectivity index (χ0v) is 19.1. The van der Waals surface area contributed by atoms with Crippen LogP contribution in [-0.2, 0) is 15.6 Å². The predicted molar refractivity (Wildman–Crippen MR) is 119 cm³/mol. The van der Waals surface area contributed by atoms with E-state index in [4.69, 9.17) is 4.74 Å². The molecule has 0 aromatic heterocycles. The van der Waals surface area contributed by atoms with Gasteiger partial charge in [-0.3, -0.25) is 4.79 Å². The van der Waals surface area contributed by atoms with Gasteiger partial charge in [-0.15, -0.1) is 0 Å². The van der Waals surface area contributed by atoms with Gasteiger partial charge >= 0.3 is 5.97 Å². The molecule has 156 valence electrons. The molecule has 3 rings (SSSR count). The average molecular weight is 395 g/mol. The fraction of sp³-hybridized carbons (Fsp3) is 0.462. The minimum atomic E-state index is -0.400. The first-order chi connectivity index (χ1) is 13.6. The molecule has 3 nitrogen and oxygen atoms in total. The van der Waals surface area contributed by atoms with Crippen molar-refractivity contribution in [1.29, 1.82) is 0 Å². The Balaban J connectivity index is 0.00000145. The molecule has 0 amide bonds. The third-order valence-electron chi connectivity index (χ3n) is 6.01. The number of hydrogen-bond donors (Lipinski definition) is 0. The lowest BCUT2D eigenvalue weighted by molar-refractivity contribution is 0.0600. The predicted octanol–water partition coefficient (Wildman–Crippen LogP) is 6.39. The van der Waals surface area contributed by atoms with E-state index < -0.39 is 5.97 Å². The van der Waals surface area contributed by atoms with E-state index in [1.54, 1.807) is 24.3 Å². The van der Waals surface area contributed by atoms with E-state index >= 15 is 0 Å². The first-order valence-electron chi connectivity index (χ1n) is 10.5. The molecule has 0 saturated carbocycles. The fourth-order valence-electron chi connectivity index (χ4n) is 4.00. The Morgan fingerprint density at radius 2 is 1.28 bits per heavy atom. The van der Waals surface area contributed by atoms with Crippen molar-refractivity contribution in [1.82, 2.24) is 0 Å². The number of ether oxygens (including phenoxy) is 1. The first-order valence-corrected chi connectivity index (χ1v) is 10.5. The number of fused-ring (bicyclic) bond motifs is 1. The van der Waals surface area contributed by atoms with Gasteiger partial charge in [0.25, 0.3) is 0 Å². The zero-order valence-electron chi connectivity index (χ0n) is 19.1. The molecule has 0 saturated heterocycles. The summed E-state index contributed by atoms with van der Waals surface area (Å²) < 4.78 is 4.72. The molecule has 0 atom stereocenters. The molecule has 2 aromatic carbocycles. The molecule has 0 fully saturated rings. The number of rotatable bonds is 3. The van der Waals surface area contributed by atoms with Crippen LogP contribution in [0, 0.1) is 6.92 Å². The summed E-state index contributed by atoms with van der Waals surface area (Å²) in [6.07, 6.45) is 2.26. The van der Waals surface area contributed by atoms with Crippen LogP contribution in [0.15, 0.2) is 36.4 Å². The SMILES string of the molecule is CC.COC(=O)c1ccc(C(=O)c2cc3c(cc2C)C(C)(C)CCC3(C)C)cc1. The molecular weight excluding hydrogens is 360 g/mol. The minimum absolute atomic E-state index is 0.00843. The van der Waals surface area contributed by atoms with Gasteiger partial charge in [-0.1, -0.05) is 59.7 Å². The van der Waals surface area contributed by atoms with Gasteiger partial charge in [0.15, 0.2) is 5.78 Å². The van der Waals surface area contributed by atoms with E-state index in [1.807, 2.05) is 20.8 Å². The quantitative estimate of drug-likeness (QED) is 0.447. The Labute approximate surface area is 175 Å². The van der Waals surface area contributed by atoms with Gasteiger partial charge in [0.05, 0.1) is 12.7 Å². The van der Waals surface area contributed by atoms with Gasteiger partial charge in [0.1, 0.15) is 0 Å². The van der Waals surface area contributed by atoms with Crippen LogP contribution in [0.2, 0.25) is 0 Å².